The van der Waals surface area contributed by atoms with E-state index in [1.54, 1.807) is 4.90 Å². The topological polar surface area (TPSA) is 98.8 Å². The van der Waals surface area contributed by atoms with Crippen molar-refractivity contribution in [1.29, 1.82) is 0 Å². The Morgan fingerprint density at radius 2 is 1.97 bits per heavy atom. The third kappa shape index (κ3) is 3.29. The SMILES string of the molecule is CCN(CC1CCCN1)c1c(F)ccc2c1C(=O)N(C1CCC(=O)NC1=O)C2=O. The van der Waals surface area contributed by atoms with Crippen molar-refractivity contribution in [3.05, 3.63) is 29.1 Å². The van der Waals surface area contributed by atoms with Crippen LogP contribution >= 0.6 is 0 Å². The van der Waals surface area contributed by atoms with Gasteiger partial charge in [0.2, 0.25) is 11.8 Å². The number of rotatable bonds is 5. The summed E-state index contributed by atoms with van der Waals surface area (Å²) >= 11 is 0. The quantitative estimate of drug-likeness (QED) is 0.707. The number of hydrogen-bond acceptors (Lipinski definition) is 6. The first-order valence-corrected chi connectivity index (χ1v) is 9.94. The van der Waals surface area contributed by atoms with Gasteiger partial charge in [-0.2, -0.15) is 0 Å². The number of carbonyl (C=O) groups is 4. The third-order valence-corrected chi connectivity index (χ3v) is 5.83. The van der Waals surface area contributed by atoms with Crippen LogP contribution in [0.15, 0.2) is 12.1 Å². The maximum Gasteiger partial charge on any atom is 0.264 e. The highest BCUT2D eigenvalue weighted by molar-refractivity contribution is 6.25. The fourth-order valence-electron chi connectivity index (χ4n) is 4.38. The molecule has 2 unspecified atom stereocenters. The number of imide groups is 2. The Balaban J connectivity index is 1.70. The van der Waals surface area contributed by atoms with Gasteiger partial charge in [0.05, 0.1) is 16.8 Å². The molecule has 0 saturated carbocycles. The fourth-order valence-corrected chi connectivity index (χ4v) is 4.38. The predicted octanol–water partition coefficient (Wildman–Crippen LogP) is 0.805. The summed E-state index contributed by atoms with van der Waals surface area (Å²) < 4.78 is 14.9. The van der Waals surface area contributed by atoms with Crippen molar-refractivity contribution in [3.63, 3.8) is 0 Å². The Morgan fingerprint density at radius 3 is 2.62 bits per heavy atom. The highest BCUT2D eigenvalue weighted by atomic mass is 19.1. The van der Waals surface area contributed by atoms with E-state index in [-0.39, 0.29) is 35.7 Å². The van der Waals surface area contributed by atoms with Crippen molar-refractivity contribution in [2.45, 2.75) is 44.7 Å². The molecule has 154 valence electrons. The van der Waals surface area contributed by atoms with Crippen LogP contribution in [0.4, 0.5) is 10.1 Å². The van der Waals surface area contributed by atoms with Crippen LogP contribution in [-0.4, -0.2) is 60.2 Å². The summed E-state index contributed by atoms with van der Waals surface area (Å²) in [6.45, 7) is 3.75. The number of piperidine rings is 1. The minimum Gasteiger partial charge on any atom is -0.367 e. The van der Waals surface area contributed by atoms with E-state index in [2.05, 4.69) is 10.6 Å². The number of anilines is 1. The first-order valence-electron chi connectivity index (χ1n) is 9.94. The standard InChI is InChI=1S/C20H23FN4O4/c1-2-24(10-11-4-3-9-22-11)17-13(21)6-5-12-16(17)20(29)25(19(12)28)14-7-8-15(26)23-18(14)27/h5-6,11,14,22H,2-4,7-10H2,1H3,(H,23,26,27). The summed E-state index contributed by atoms with van der Waals surface area (Å²) in [5, 5.41) is 5.52. The van der Waals surface area contributed by atoms with Gasteiger partial charge < -0.3 is 10.2 Å². The molecule has 8 nitrogen and oxygen atoms in total. The smallest absolute Gasteiger partial charge is 0.264 e. The maximum atomic E-state index is 14.9. The predicted molar refractivity (Wildman–Crippen MR) is 102 cm³/mol. The van der Waals surface area contributed by atoms with Gasteiger partial charge in [-0.25, -0.2) is 4.39 Å². The van der Waals surface area contributed by atoms with Crippen LogP contribution in [0.1, 0.15) is 53.3 Å². The molecule has 3 aliphatic heterocycles. The maximum absolute atomic E-state index is 14.9. The average Bonchev–Trinajstić information content (AvgIpc) is 3.28. The first-order chi connectivity index (χ1) is 13.9. The summed E-state index contributed by atoms with van der Waals surface area (Å²) in [5.74, 6) is -3.01. The molecule has 4 rings (SSSR count). The van der Waals surface area contributed by atoms with Crippen LogP contribution in [-0.2, 0) is 9.59 Å². The highest BCUT2D eigenvalue weighted by Crippen LogP contribution is 2.36. The zero-order valence-corrected chi connectivity index (χ0v) is 16.2. The van der Waals surface area contributed by atoms with Crippen LogP contribution in [0.2, 0.25) is 0 Å². The lowest BCUT2D eigenvalue weighted by Gasteiger charge is -2.29. The lowest BCUT2D eigenvalue weighted by molar-refractivity contribution is -0.136. The number of carbonyl (C=O) groups excluding carboxylic acids is 4. The second-order valence-electron chi connectivity index (χ2n) is 7.60. The second kappa shape index (κ2) is 7.55. The molecule has 29 heavy (non-hydrogen) atoms. The summed E-state index contributed by atoms with van der Waals surface area (Å²) in [6, 6.07) is 1.60. The molecule has 2 atom stereocenters. The number of hydrogen-bond donors (Lipinski definition) is 2. The first kappa shape index (κ1) is 19.5. The van der Waals surface area contributed by atoms with E-state index in [0.717, 1.165) is 24.3 Å². The third-order valence-electron chi connectivity index (χ3n) is 5.83. The van der Waals surface area contributed by atoms with Gasteiger partial charge in [0.25, 0.3) is 11.8 Å². The molecule has 0 radical (unpaired) electrons. The Labute approximate surface area is 167 Å². The van der Waals surface area contributed by atoms with E-state index in [0.29, 0.717) is 13.1 Å². The van der Waals surface area contributed by atoms with Gasteiger partial charge in [-0.1, -0.05) is 0 Å². The van der Waals surface area contributed by atoms with Crippen LogP contribution in [0.5, 0.6) is 0 Å². The zero-order chi connectivity index (χ0) is 20.7. The number of halogens is 1. The van der Waals surface area contributed by atoms with Crippen molar-refractivity contribution in [2.75, 3.05) is 24.5 Å². The molecule has 2 N–H and O–H groups in total. The van der Waals surface area contributed by atoms with Gasteiger partial charge in [0, 0.05) is 25.6 Å². The van der Waals surface area contributed by atoms with Crippen LogP contribution < -0.4 is 15.5 Å². The fraction of sp³-hybridized carbons (Fsp3) is 0.500. The van der Waals surface area contributed by atoms with Crippen LogP contribution in [0.25, 0.3) is 0 Å². The van der Waals surface area contributed by atoms with E-state index < -0.39 is 35.5 Å². The Bertz CT molecular complexity index is 897. The van der Waals surface area contributed by atoms with Gasteiger partial charge in [0.1, 0.15) is 11.9 Å². The molecule has 0 aliphatic carbocycles. The number of benzene rings is 1. The molecule has 1 aromatic carbocycles. The van der Waals surface area contributed by atoms with Crippen molar-refractivity contribution in [1.82, 2.24) is 15.5 Å². The van der Waals surface area contributed by atoms with Crippen molar-refractivity contribution in [3.8, 4) is 0 Å². The number of nitrogens with zero attached hydrogens (tertiary/aromatic N) is 2. The number of amides is 4. The van der Waals surface area contributed by atoms with Crippen molar-refractivity contribution >= 4 is 29.3 Å². The molecule has 2 saturated heterocycles. The summed E-state index contributed by atoms with van der Waals surface area (Å²) in [7, 11) is 0. The Hall–Kier alpha value is -2.81. The van der Waals surface area contributed by atoms with E-state index in [9.17, 15) is 23.6 Å². The zero-order valence-electron chi connectivity index (χ0n) is 16.2. The minimum atomic E-state index is -1.07. The molecule has 0 bridgehead atoms. The van der Waals surface area contributed by atoms with Crippen molar-refractivity contribution < 1.29 is 23.6 Å². The monoisotopic (exact) mass is 402 g/mol. The van der Waals surface area contributed by atoms with Gasteiger partial charge in [-0.15, -0.1) is 0 Å². The largest absolute Gasteiger partial charge is 0.367 e. The summed E-state index contributed by atoms with van der Waals surface area (Å²) in [5.41, 5.74) is 0.195. The molecule has 9 heteroatoms. The molecular weight excluding hydrogens is 379 g/mol. The molecule has 3 heterocycles. The van der Waals surface area contributed by atoms with Crippen LogP contribution in [0, 0.1) is 5.82 Å². The summed E-state index contributed by atoms with van der Waals surface area (Å²) in [6.07, 6.45) is 2.11. The van der Waals surface area contributed by atoms with Crippen LogP contribution in [0.3, 0.4) is 0 Å². The Morgan fingerprint density at radius 1 is 1.17 bits per heavy atom. The molecule has 1 aromatic rings. The number of likely N-dealkylation sites (N-methyl/N-ethyl adjacent to an activating group) is 1. The lowest BCUT2D eigenvalue weighted by atomic mass is 10.0. The highest BCUT2D eigenvalue weighted by Gasteiger charge is 2.46. The second-order valence-corrected chi connectivity index (χ2v) is 7.60. The average molecular weight is 402 g/mol. The lowest BCUT2D eigenvalue weighted by Crippen LogP contribution is -2.54. The minimum absolute atomic E-state index is 0.000420. The van der Waals surface area contributed by atoms with E-state index >= 15 is 0 Å². The van der Waals surface area contributed by atoms with E-state index in [1.807, 2.05) is 6.92 Å². The Kier molecular flexibility index (Phi) is 5.08. The van der Waals surface area contributed by atoms with Crippen molar-refractivity contribution in [2.24, 2.45) is 0 Å². The molecular formula is C20H23FN4O4. The van der Waals surface area contributed by atoms with Gasteiger partial charge in [0.15, 0.2) is 0 Å². The molecule has 0 spiro atoms. The van der Waals surface area contributed by atoms with E-state index in [4.69, 9.17) is 0 Å². The molecule has 4 amide bonds. The molecule has 2 fully saturated rings. The van der Waals surface area contributed by atoms with Gasteiger partial charge in [-0.3, -0.25) is 29.4 Å². The number of fused-ring (bicyclic) bond motifs is 1. The normalized spacial score (nSPS) is 24.1. The molecule has 3 aliphatic rings. The summed E-state index contributed by atoms with van der Waals surface area (Å²) in [4.78, 5) is 52.4. The number of nitrogens with one attached hydrogen (secondary N) is 2. The van der Waals surface area contributed by atoms with E-state index in [1.165, 1.54) is 12.1 Å². The van der Waals surface area contributed by atoms with Gasteiger partial charge in [-0.05, 0) is 44.9 Å². The molecule has 0 aromatic heterocycles. The van der Waals surface area contributed by atoms with Gasteiger partial charge >= 0.3 is 0 Å².